The predicted octanol–water partition coefficient (Wildman–Crippen LogP) is 4.12. The molecule has 0 N–H and O–H groups in total. The van der Waals surface area contributed by atoms with Crippen molar-refractivity contribution in [3.8, 4) is 22.6 Å². The minimum atomic E-state index is 0. The largest absolute Gasteiger partial charge is 0.305 e. The summed E-state index contributed by atoms with van der Waals surface area (Å²) in [4.78, 5) is 8.51. The molecule has 0 fully saturated rings. The number of rotatable bonds is 2. The topological polar surface area (TPSA) is 29.7 Å². The molecule has 4 aromatic rings. The van der Waals surface area contributed by atoms with Gasteiger partial charge in [0.05, 0.1) is 0 Å². The summed E-state index contributed by atoms with van der Waals surface area (Å²) in [5.74, 6) is 0. The third-order valence-electron chi connectivity index (χ3n) is 3.63. The van der Waals surface area contributed by atoms with Crippen molar-refractivity contribution in [3.05, 3.63) is 104 Å². The molecular formula is C22H19IrN3. The van der Waals surface area contributed by atoms with E-state index >= 15 is 0 Å². The first-order chi connectivity index (χ1) is 12.3. The summed E-state index contributed by atoms with van der Waals surface area (Å²) in [6, 6.07) is 28.8. The Morgan fingerprint density at radius 3 is 1.96 bits per heavy atom. The van der Waals surface area contributed by atoms with Gasteiger partial charge in [0.2, 0.25) is 5.69 Å². The second kappa shape index (κ2) is 10.3. The van der Waals surface area contributed by atoms with E-state index in [9.17, 15) is 0 Å². The van der Waals surface area contributed by atoms with Gasteiger partial charge in [0.15, 0.2) is 6.20 Å². The molecule has 0 spiro atoms. The van der Waals surface area contributed by atoms with Crippen LogP contribution in [-0.2, 0) is 27.2 Å². The number of hydrogen-bond acceptors (Lipinski definition) is 2. The van der Waals surface area contributed by atoms with E-state index in [0.29, 0.717) is 0 Å². The van der Waals surface area contributed by atoms with Gasteiger partial charge in [0.25, 0.3) is 0 Å². The van der Waals surface area contributed by atoms with Crippen molar-refractivity contribution < 1.29 is 24.7 Å². The third-order valence-corrected chi connectivity index (χ3v) is 3.63. The zero-order valence-corrected chi connectivity index (χ0v) is 16.8. The Morgan fingerprint density at radius 2 is 1.38 bits per heavy atom. The fraction of sp³-hybridized carbons (Fsp3) is 0.0455. The average Bonchev–Trinajstić information content (AvgIpc) is 2.71. The molecule has 1 aromatic carbocycles. The van der Waals surface area contributed by atoms with Crippen molar-refractivity contribution in [2.45, 2.75) is 0 Å². The number of nitrogens with zero attached hydrogens (tertiary/aromatic N) is 3. The van der Waals surface area contributed by atoms with Gasteiger partial charge >= 0.3 is 0 Å². The van der Waals surface area contributed by atoms with Gasteiger partial charge in [0, 0.05) is 44.6 Å². The van der Waals surface area contributed by atoms with Gasteiger partial charge in [-0.15, -0.1) is 35.9 Å². The van der Waals surface area contributed by atoms with Crippen molar-refractivity contribution in [1.29, 1.82) is 0 Å². The van der Waals surface area contributed by atoms with Gasteiger partial charge in [0.1, 0.15) is 12.7 Å². The van der Waals surface area contributed by atoms with E-state index < -0.39 is 0 Å². The summed E-state index contributed by atoms with van der Waals surface area (Å²) in [5, 5.41) is 0. The Labute approximate surface area is 167 Å². The van der Waals surface area contributed by atoms with Crippen LogP contribution in [0.25, 0.3) is 22.6 Å². The molecule has 0 atom stereocenters. The summed E-state index contributed by atoms with van der Waals surface area (Å²) in [7, 11) is 2.02. The van der Waals surface area contributed by atoms with Gasteiger partial charge in [-0.1, -0.05) is 18.2 Å². The summed E-state index contributed by atoms with van der Waals surface area (Å²) in [6.45, 7) is 0. The predicted molar refractivity (Wildman–Crippen MR) is 99.4 cm³/mol. The molecule has 131 valence electrons. The first-order valence-corrected chi connectivity index (χ1v) is 8.09. The standard InChI is InChI=1S/C11H11N2.C11H8N.Ir/c1-13-9-5-3-7-11(13)10-6-2-4-8-12-10;1-2-6-10(7-3-1)11-8-4-5-9-12-11;/h2-9H,1H3;1-6,8-9H;/q+1;-1;. The summed E-state index contributed by atoms with van der Waals surface area (Å²) >= 11 is 0. The molecular weight excluding hydrogens is 498 g/mol. The normalized spacial score (nSPS) is 9.42. The van der Waals surface area contributed by atoms with Gasteiger partial charge in [-0.2, -0.15) is 4.57 Å². The molecule has 3 nitrogen and oxygen atoms in total. The van der Waals surface area contributed by atoms with E-state index in [1.807, 2.05) is 92.2 Å². The van der Waals surface area contributed by atoms with Gasteiger partial charge in [-0.05, 0) is 30.0 Å². The smallest absolute Gasteiger partial charge is 0.230 e. The summed E-state index contributed by atoms with van der Waals surface area (Å²) in [6.07, 6.45) is 5.61. The Hall–Kier alpha value is -2.68. The number of aryl methyl sites for hydroxylation is 1. The summed E-state index contributed by atoms with van der Waals surface area (Å²) in [5.41, 5.74) is 4.14. The van der Waals surface area contributed by atoms with E-state index in [1.54, 1.807) is 6.20 Å². The Morgan fingerprint density at radius 1 is 0.731 bits per heavy atom. The van der Waals surface area contributed by atoms with E-state index in [2.05, 4.69) is 26.7 Å². The Balaban J connectivity index is 0.000000180. The fourth-order valence-electron chi connectivity index (χ4n) is 2.38. The van der Waals surface area contributed by atoms with Crippen LogP contribution < -0.4 is 4.57 Å². The fourth-order valence-corrected chi connectivity index (χ4v) is 2.38. The van der Waals surface area contributed by atoms with Crippen molar-refractivity contribution >= 4 is 0 Å². The first kappa shape index (κ1) is 19.6. The molecule has 4 heteroatoms. The van der Waals surface area contributed by atoms with Crippen LogP contribution in [0.1, 0.15) is 0 Å². The van der Waals surface area contributed by atoms with Crippen LogP contribution in [0.15, 0.2) is 97.5 Å². The first-order valence-electron chi connectivity index (χ1n) is 8.09. The van der Waals surface area contributed by atoms with E-state index in [4.69, 9.17) is 0 Å². The number of aromatic nitrogens is 3. The Kier molecular flexibility index (Phi) is 7.81. The van der Waals surface area contributed by atoms with Gasteiger partial charge in [-0.25, -0.2) is 4.98 Å². The maximum Gasteiger partial charge on any atom is 0.230 e. The molecule has 3 heterocycles. The van der Waals surface area contributed by atoms with Crippen LogP contribution in [0, 0.1) is 6.07 Å². The van der Waals surface area contributed by atoms with Crippen molar-refractivity contribution in [1.82, 2.24) is 9.97 Å². The van der Waals surface area contributed by atoms with Gasteiger partial charge < -0.3 is 4.98 Å². The molecule has 0 saturated heterocycles. The maximum atomic E-state index is 4.29. The molecule has 0 amide bonds. The van der Waals surface area contributed by atoms with Crippen LogP contribution in [0.2, 0.25) is 0 Å². The molecule has 0 aliphatic rings. The molecule has 0 aliphatic carbocycles. The monoisotopic (exact) mass is 518 g/mol. The number of hydrogen-bond donors (Lipinski definition) is 0. The number of pyridine rings is 3. The second-order valence-corrected chi connectivity index (χ2v) is 5.40. The molecule has 0 saturated carbocycles. The van der Waals surface area contributed by atoms with E-state index in [1.165, 1.54) is 0 Å². The van der Waals surface area contributed by atoms with Crippen LogP contribution >= 0.6 is 0 Å². The minimum Gasteiger partial charge on any atom is -0.305 e. The van der Waals surface area contributed by atoms with Crippen molar-refractivity contribution in [3.63, 3.8) is 0 Å². The average molecular weight is 518 g/mol. The van der Waals surface area contributed by atoms with E-state index in [0.717, 1.165) is 22.6 Å². The van der Waals surface area contributed by atoms with Crippen LogP contribution in [0.3, 0.4) is 0 Å². The zero-order chi connectivity index (χ0) is 17.3. The Bertz CT molecular complexity index is 860. The molecule has 3 aromatic heterocycles. The van der Waals surface area contributed by atoms with Crippen molar-refractivity contribution in [2.75, 3.05) is 0 Å². The molecule has 1 radical (unpaired) electrons. The molecule has 26 heavy (non-hydrogen) atoms. The second-order valence-electron chi connectivity index (χ2n) is 5.40. The van der Waals surface area contributed by atoms with E-state index in [-0.39, 0.29) is 20.1 Å². The number of benzene rings is 1. The quantitative estimate of drug-likeness (QED) is 0.296. The van der Waals surface area contributed by atoms with Crippen molar-refractivity contribution in [2.24, 2.45) is 7.05 Å². The SMILES string of the molecule is C[n+]1ccccc1-c1ccccn1.[Ir].[c-]1ccccc1-c1ccccn1. The van der Waals surface area contributed by atoms with Crippen LogP contribution in [-0.4, -0.2) is 9.97 Å². The van der Waals surface area contributed by atoms with Gasteiger partial charge in [-0.3, -0.25) is 0 Å². The zero-order valence-electron chi connectivity index (χ0n) is 14.4. The molecule has 0 bridgehead atoms. The maximum absolute atomic E-state index is 4.29. The third kappa shape index (κ3) is 5.41. The van der Waals surface area contributed by atoms with Crippen LogP contribution in [0.5, 0.6) is 0 Å². The molecule has 0 unspecified atom stereocenters. The minimum absolute atomic E-state index is 0. The summed E-state index contributed by atoms with van der Waals surface area (Å²) < 4.78 is 2.06. The van der Waals surface area contributed by atoms with Crippen LogP contribution in [0.4, 0.5) is 0 Å². The molecule has 0 aliphatic heterocycles. The molecule has 4 rings (SSSR count).